The zero-order valence-corrected chi connectivity index (χ0v) is 8.15. The van der Waals surface area contributed by atoms with Gasteiger partial charge in [0.2, 0.25) is 0 Å². The molecular formula is C9H7F2NOS. The molecule has 0 N–H and O–H groups in total. The second-order valence-electron chi connectivity index (χ2n) is 2.86. The summed E-state index contributed by atoms with van der Waals surface area (Å²) in [6, 6.07) is 7.20. The molecule has 14 heavy (non-hydrogen) atoms. The summed E-state index contributed by atoms with van der Waals surface area (Å²) in [7, 11) is 0. The summed E-state index contributed by atoms with van der Waals surface area (Å²) in [6.45, 7) is 0.694. The first-order valence-electron chi connectivity index (χ1n) is 3.97. The number of ether oxygens (including phenoxy) is 1. The quantitative estimate of drug-likeness (QED) is 0.766. The molecule has 1 heterocycles. The predicted molar refractivity (Wildman–Crippen MR) is 50.9 cm³/mol. The van der Waals surface area contributed by atoms with Gasteiger partial charge in [-0.1, -0.05) is 23.5 Å². The van der Waals surface area contributed by atoms with Gasteiger partial charge < -0.3 is 4.74 Å². The van der Waals surface area contributed by atoms with Gasteiger partial charge in [-0.05, 0) is 12.1 Å². The van der Waals surface area contributed by atoms with Crippen molar-refractivity contribution >= 4 is 21.6 Å². The highest BCUT2D eigenvalue weighted by Gasteiger charge is 2.25. The van der Waals surface area contributed by atoms with Crippen LogP contribution in [-0.4, -0.2) is 11.1 Å². The standard InChI is InChI=1S/C9H7F2NOS/c1-9(10,11)13-8-12-6-4-2-3-5-7(6)14-8/h2-5H,1H3. The third-order valence-corrected chi connectivity index (χ3v) is 2.46. The number of alkyl halides is 2. The van der Waals surface area contributed by atoms with Gasteiger partial charge in [-0.25, -0.2) is 4.98 Å². The Balaban J connectivity index is 2.36. The Morgan fingerprint density at radius 1 is 1.36 bits per heavy atom. The lowest BCUT2D eigenvalue weighted by Gasteiger charge is -2.08. The number of benzene rings is 1. The highest BCUT2D eigenvalue weighted by atomic mass is 32.1. The minimum atomic E-state index is -3.17. The highest BCUT2D eigenvalue weighted by molar-refractivity contribution is 7.20. The zero-order chi connectivity index (χ0) is 10.2. The van der Waals surface area contributed by atoms with Gasteiger partial charge in [-0.2, -0.15) is 8.78 Å². The molecule has 74 valence electrons. The molecule has 2 aromatic rings. The average molecular weight is 215 g/mol. The molecule has 0 atom stereocenters. The van der Waals surface area contributed by atoms with Gasteiger partial charge in [-0.3, -0.25) is 0 Å². The van der Waals surface area contributed by atoms with Gasteiger partial charge in [0.1, 0.15) is 0 Å². The molecule has 1 aromatic carbocycles. The van der Waals surface area contributed by atoms with Crippen LogP contribution in [0.1, 0.15) is 6.92 Å². The van der Waals surface area contributed by atoms with Crippen LogP contribution in [0, 0.1) is 0 Å². The number of nitrogens with zero attached hydrogens (tertiary/aromatic N) is 1. The molecule has 2 nitrogen and oxygen atoms in total. The minimum Gasteiger partial charge on any atom is -0.406 e. The molecule has 0 saturated carbocycles. The first-order valence-corrected chi connectivity index (χ1v) is 4.79. The topological polar surface area (TPSA) is 22.1 Å². The van der Waals surface area contributed by atoms with Crippen molar-refractivity contribution in [3.05, 3.63) is 24.3 Å². The fourth-order valence-corrected chi connectivity index (χ4v) is 1.93. The van der Waals surface area contributed by atoms with E-state index >= 15 is 0 Å². The van der Waals surface area contributed by atoms with E-state index in [-0.39, 0.29) is 5.19 Å². The van der Waals surface area contributed by atoms with E-state index in [1.54, 1.807) is 12.1 Å². The zero-order valence-electron chi connectivity index (χ0n) is 7.33. The molecule has 0 bridgehead atoms. The van der Waals surface area contributed by atoms with E-state index in [1.807, 2.05) is 12.1 Å². The fourth-order valence-electron chi connectivity index (χ4n) is 1.05. The lowest BCUT2D eigenvalue weighted by atomic mass is 10.3. The third-order valence-electron chi connectivity index (χ3n) is 1.54. The summed E-state index contributed by atoms with van der Waals surface area (Å²) >= 11 is 1.11. The van der Waals surface area contributed by atoms with E-state index in [0.717, 1.165) is 16.0 Å². The van der Waals surface area contributed by atoms with Crippen molar-refractivity contribution < 1.29 is 13.5 Å². The lowest BCUT2D eigenvalue weighted by molar-refractivity contribution is -0.158. The number of thiazole rings is 1. The van der Waals surface area contributed by atoms with E-state index in [4.69, 9.17) is 0 Å². The molecule has 0 aliphatic heterocycles. The molecule has 0 unspecified atom stereocenters. The molecule has 0 spiro atoms. The van der Waals surface area contributed by atoms with E-state index < -0.39 is 6.11 Å². The van der Waals surface area contributed by atoms with Crippen molar-refractivity contribution in [2.24, 2.45) is 0 Å². The Bertz CT molecular complexity index is 416. The normalized spacial score (nSPS) is 11.9. The smallest absolute Gasteiger partial charge is 0.396 e. The van der Waals surface area contributed by atoms with Crippen molar-refractivity contribution in [2.75, 3.05) is 0 Å². The van der Waals surface area contributed by atoms with E-state index in [2.05, 4.69) is 9.72 Å². The van der Waals surface area contributed by atoms with Crippen molar-refractivity contribution in [2.45, 2.75) is 13.0 Å². The SMILES string of the molecule is CC(F)(F)Oc1nc2ccccc2s1. The summed E-state index contributed by atoms with van der Waals surface area (Å²) in [5.41, 5.74) is 0.678. The van der Waals surface area contributed by atoms with Gasteiger partial charge in [0.25, 0.3) is 5.19 Å². The summed E-state index contributed by atoms with van der Waals surface area (Å²) < 4.78 is 30.2. The predicted octanol–water partition coefficient (Wildman–Crippen LogP) is 3.29. The molecule has 5 heteroatoms. The Morgan fingerprint density at radius 2 is 2.07 bits per heavy atom. The van der Waals surface area contributed by atoms with Crippen LogP contribution in [0.4, 0.5) is 8.78 Å². The Labute approximate surface area is 83.1 Å². The largest absolute Gasteiger partial charge is 0.406 e. The maximum atomic E-state index is 12.5. The monoisotopic (exact) mass is 215 g/mol. The maximum absolute atomic E-state index is 12.5. The van der Waals surface area contributed by atoms with Gasteiger partial charge in [0.05, 0.1) is 10.2 Å². The van der Waals surface area contributed by atoms with Gasteiger partial charge >= 0.3 is 6.11 Å². The van der Waals surface area contributed by atoms with Crippen molar-refractivity contribution in [3.8, 4) is 5.19 Å². The van der Waals surface area contributed by atoms with Crippen molar-refractivity contribution in [1.29, 1.82) is 0 Å². The van der Waals surface area contributed by atoms with Gasteiger partial charge in [0, 0.05) is 6.92 Å². The number of rotatable bonds is 2. The van der Waals surface area contributed by atoms with E-state index in [9.17, 15) is 8.78 Å². The summed E-state index contributed by atoms with van der Waals surface area (Å²) in [5.74, 6) is 0. The molecule has 0 amide bonds. The second kappa shape index (κ2) is 3.16. The van der Waals surface area contributed by atoms with Crippen LogP contribution < -0.4 is 4.74 Å². The number of para-hydroxylation sites is 1. The van der Waals surface area contributed by atoms with Gasteiger partial charge in [0.15, 0.2) is 0 Å². The Morgan fingerprint density at radius 3 is 2.71 bits per heavy atom. The van der Waals surface area contributed by atoms with Crippen LogP contribution in [0.5, 0.6) is 5.19 Å². The first kappa shape index (κ1) is 9.33. The molecule has 0 fully saturated rings. The highest BCUT2D eigenvalue weighted by Crippen LogP contribution is 2.30. The van der Waals surface area contributed by atoms with E-state index in [0.29, 0.717) is 12.4 Å². The number of halogens is 2. The van der Waals surface area contributed by atoms with Crippen LogP contribution in [0.2, 0.25) is 0 Å². The summed E-state index contributed by atoms with van der Waals surface area (Å²) in [5, 5.41) is -0.00120. The first-order chi connectivity index (χ1) is 6.54. The molecular weight excluding hydrogens is 208 g/mol. The van der Waals surface area contributed by atoms with E-state index in [1.165, 1.54) is 0 Å². The fraction of sp³-hybridized carbons (Fsp3) is 0.222. The Kier molecular flexibility index (Phi) is 2.11. The van der Waals surface area contributed by atoms with Gasteiger partial charge in [-0.15, -0.1) is 0 Å². The molecule has 2 rings (SSSR count). The number of aromatic nitrogens is 1. The van der Waals surface area contributed by atoms with Crippen LogP contribution in [0.25, 0.3) is 10.2 Å². The van der Waals surface area contributed by atoms with Crippen LogP contribution in [-0.2, 0) is 0 Å². The van der Waals surface area contributed by atoms with Crippen molar-refractivity contribution in [3.63, 3.8) is 0 Å². The van der Waals surface area contributed by atoms with Crippen molar-refractivity contribution in [1.82, 2.24) is 4.98 Å². The summed E-state index contributed by atoms with van der Waals surface area (Å²) in [6.07, 6.45) is -3.17. The number of hydrogen-bond acceptors (Lipinski definition) is 3. The molecule has 0 radical (unpaired) electrons. The lowest BCUT2D eigenvalue weighted by Crippen LogP contribution is -2.18. The van der Waals surface area contributed by atoms with Crippen LogP contribution >= 0.6 is 11.3 Å². The molecule has 0 aliphatic rings. The Hall–Kier alpha value is -1.23. The van der Waals surface area contributed by atoms with Crippen LogP contribution in [0.15, 0.2) is 24.3 Å². The van der Waals surface area contributed by atoms with Crippen LogP contribution in [0.3, 0.4) is 0 Å². The second-order valence-corrected chi connectivity index (χ2v) is 3.85. The molecule has 1 aromatic heterocycles. The number of fused-ring (bicyclic) bond motifs is 1. The maximum Gasteiger partial charge on any atom is 0.396 e. The summed E-state index contributed by atoms with van der Waals surface area (Å²) in [4.78, 5) is 3.91. The minimum absolute atomic E-state index is 0.00120. The number of hydrogen-bond donors (Lipinski definition) is 0. The average Bonchev–Trinajstić information content (AvgIpc) is 2.42. The molecule has 0 aliphatic carbocycles. The third kappa shape index (κ3) is 1.98. The molecule has 0 saturated heterocycles.